The molecule has 5 heteroatoms. The Morgan fingerprint density at radius 2 is 1.93 bits per heavy atom. The second-order valence-electron chi connectivity index (χ2n) is 8.83. The van der Waals surface area contributed by atoms with Crippen molar-refractivity contribution in [2.24, 2.45) is 5.92 Å². The van der Waals surface area contributed by atoms with Gasteiger partial charge in [0.2, 0.25) is 5.91 Å². The van der Waals surface area contributed by atoms with Gasteiger partial charge in [-0.05, 0) is 71.1 Å². The van der Waals surface area contributed by atoms with E-state index in [2.05, 4.69) is 62.5 Å². The molecule has 2 fully saturated rings. The Bertz CT molecular complexity index is 894. The number of nitrogens with zero attached hydrogens (tertiary/aromatic N) is 2. The number of hydrogen-bond donors (Lipinski definition) is 1. The fraction of sp³-hybridized carbons (Fsp3) is 0.500. The SMILES string of the molecule is O=C(C1CNCC12CCCc1nc(Br)ccc12)N1CCC(c2ccccc2)CC1. The molecule has 29 heavy (non-hydrogen) atoms. The van der Waals surface area contributed by atoms with Gasteiger partial charge in [-0.3, -0.25) is 4.79 Å². The molecule has 5 rings (SSSR count). The second-order valence-corrected chi connectivity index (χ2v) is 9.64. The second kappa shape index (κ2) is 7.84. The highest BCUT2D eigenvalue weighted by molar-refractivity contribution is 9.10. The van der Waals surface area contributed by atoms with Crippen LogP contribution < -0.4 is 5.32 Å². The number of carbonyl (C=O) groups excluding carboxylic acids is 1. The Labute approximate surface area is 181 Å². The summed E-state index contributed by atoms with van der Waals surface area (Å²) in [7, 11) is 0. The molecule has 2 aliphatic heterocycles. The number of benzene rings is 1. The maximum atomic E-state index is 13.6. The minimum absolute atomic E-state index is 0.0257. The molecule has 1 aliphatic carbocycles. The van der Waals surface area contributed by atoms with Crippen molar-refractivity contribution in [3.05, 3.63) is 63.9 Å². The molecule has 2 unspecified atom stereocenters. The van der Waals surface area contributed by atoms with Crippen LogP contribution in [0.25, 0.3) is 0 Å². The minimum atomic E-state index is -0.0886. The van der Waals surface area contributed by atoms with Crippen LogP contribution in [0.3, 0.4) is 0 Å². The number of fused-ring (bicyclic) bond motifs is 2. The van der Waals surface area contributed by atoms with E-state index in [-0.39, 0.29) is 11.3 Å². The van der Waals surface area contributed by atoms with Crippen LogP contribution in [0.5, 0.6) is 0 Å². The Morgan fingerprint density at radius 1 is 1.14 bits per heavy atom. The summed E-state index contributed by atoms with van der Waals surface area (Å²) < 4.78 is 0.894. The zero-order chi connectivity index (χ0) is 19.8. The molecule has 1 N–H and O–H groups in total. The van der Waals surface area contributed by atoms with Crippen molar-refractivity contribution in [1.82, 2.24) is 15.2 Å². The highest BCUT2D eigenvalue weighted by atomic mass is 79.9. The van der Waals surface area contributed by atoms with E-state index in [0.717, 1.165) is 62.9 Å². The van der Waals surface area contributed by atoms with E-state index >= 15 is 0 Å². The molecule has 0 saturated carbocycles. The molecule has 1 aromatic carbocycles. The van der Waals surface area contributed by atoms with Gasteiger partial charge in [-0.25, -0.2) is 4.98 Å². The fourth-order valence-electron chi connectivity index (χ4n) is 5.83. The molecule has 0 radical (unpaired) electrons. The number of likely N-dealkylation sites (tertiary alicyclic amines) is 1. The summed E-state index contributed by atoms with van der Waals surface area (Å²) in [6.07, 6.45) is 5.33. The molecule has 1 spiro atoms. The highest BCUT2D eigenvalue weighted by Crippen LogP contribution is 2.46. The van der Waals surface area contributed by atoms with Crippen molar-refractivity contribution in [2.75, 3.05) is 26.2 Å². The van der Waals surface area contributed by atoms with Gasteiger partial charge in [0.15, 0.2) is 0 Å². The van der Waals surface area contributed by atoms with Gasteiger partial charge in [-0.1, -0.05) is 36.4 Å². The van der Waals surface area contributed by atoms with E-state index in [1.54, 1.807) is 0 Å². The van der Waals surface area contributed by atoms with Crippen LogP contribution in [0.4, 0.5) is 0 Å². The van der Waals surface area contributed by atoms with E-state index in [1.165, 1.54) is 16.8 Å². The van der Waals surface area contributed by atoms with Gasteiger partial charge in [0.1, 0.15) is 4.60 Å². The van der Waals surface area contributed by atoms with Gasteiger partial charge in [0.05, 0.1) is 5.92 Å². The van der Waals surface area contributed by atoms with Crippen LogP contribution in [-0.2, 0) is 16.6 Å². The summed E-state index contributed by atoms with van der Waals surface area (Å²) in [4.78, 5) is 20.5. The molecule has 2 saturated heterocycles. The first kappa shape index (κ1) is 19.3. The maximum Gasteiger partial charge on any atom is 0.227 e. The van der Waals surface area contributed by atoms with Gasteiger partial charge in [0, 0.05) is 37.3 Å². The predicted molar refractivity (Wildman–Crippen MR) is 118 cm³/mol. The highest BCUT2D eigenvalue weighted by Gasteiger charge is 2.51. The summed E-state index contributed by atoms with van der Waals surface area (Å²) in [5, 5.41) is 3.56. The van der Waals surface area contributed by atoms with E-state index < -0.39 is 0 Å². The molecular formula is C24H28BrN3O. The molecule has 4 nitrogen and oxygen atoms in total. The minimum Gasteiger partial charge on any atom is -0.342 e. The van der Waals surface area contributed by atoms with Crippen molar-refractivity contribution in [2.45, 2.75) is 43.4 Å². The number of aryl methyl sites for hydroxylation is 1. The topological polar surface area (TPSA) is 45.2 Å². The summed E-state index contributed by atoms with van der Waals surface area (Å²) >= 11 is 3.52. The number of carbonyl (C=O) groups is 1. The largest absolute Gasteiger partial charge is 0.342 e. The van der Waals surface area contributed by atoms with Crippen LogP contribution in [0.15, 0.2) is 47.1 Å². The lowest BCUT2D eigenvalue weighted by Gasteiger charge is -2.42. The summed E-state index contributed by atoms with van der Waals surface area (Å²) in [6, 6.07) is 15.0. The Hall–Kier alpha value is -1.72. The average Bonchev–Trinajstić information content (AvgIpc) is 3.18. The van der Waals surface area contributed by atoms with Crippen molar-refractivity contribution in [3.8, 4) is 0 Å². The molecule has 3 heterocycles. The smallest absolute Gasteiger partial charge is 0.227 e. The lowest BCUT2D eigenvalue weighted by molar-refractivity contribution is -0.138. The van der Waals surface area contributed by atoms with Gasteiger partial charge >= 0.3 is 0 Å². The zero-order valence-corrected chi connectivity index (χ0v) is 18.3. The number of pyridine rings is 1. The van der Waals surface area contributed by atoms with Crippen LogP contribution >= 0.6 is 15.9 Å². The number of nitrogens with one attached hydrogen (secondary N) is 1. The van der Waals surface area contributed by atoms with Crippen LogP contribution in [0, 0.1) is 5.92 Å². The molecule has 3 aliphatic rings. The zero-order valence-electron chi connectivity index (χ0n) is 16.7. The third kappa shape index (κ3) is 3.42. The quantitative estimate of drug-likeness (QED) is 0.697. The normalized spacial score (nSPS) is 27.2. The van der Waals surface area contributed by atoms with Gasteiger partial charge < -0.3 is 10.2 Å². The molecule has 0 bridgehead atoms. The van der Waals surface area contributed by atoms with Gasteiger partial charge in [0.25, 0.3) is 0 Å². The number of halogens is 1. The van der Waals surface area contributed by atoms with Crippen LogP contribution in [0.2, 0.25) is 0 Å². The summed E-state index contributed by atoms with van der Waals surface area (Å²) in [5.74, 6) is 0.947. The number of amides is 1. The monoisotopic (exact) mass is 453 g/mol. The number of hydrogen-bond acceptors (Lipinski definition) is 3. The Kier molecular flexibility index (Phi) is 5.21. The average molecular weight is 454 g/mol. The van der Waals surface area contributed by atoms with E-state index in [0.29, 0.717) is 11.8 Å². The Morgan fingerprint density at radius 3 is 2.72 bits per heavy atom. The first-order chi connectivity index (χ1) is 14.2. The Balaban J connectivity index is 1.35. The maximum absolute atomic E-state index is 13.6. The number of aromatic nitrogens is 1. The van der Waals surface area contributed by atoms with Crippen LogP contribution in [0.1, 0.15) is 48.4 Å². The summed E-state index contributed by atoms with van der Waals surface area (Å²) in [6.45, 7) is 3.42. The van der Waals surface area contributed by atoms with E-state index in [1.807, 2.05) is 6.07 Å². The predicted octanol–water partition coefficient (Wildman–Crippen LogP) is 4.04. The van der Waals surface area contributed by atoms with Crippen molar-refractivity contribution in [1.29, 1.82) is 0 Å². The third-order valence-corrected chi connectivity index (χ3v) is 7.79. The first-order valence-electron chi connectivity index (χ1n) is 10.9. The fourth-order valence-corrected chi connectivity index (χ4v) is 6.18. The van der Waals surface area contributed by atoms with E-state index in [9.17, 15) is 4.79 Å². The molecule has 1 aromatic heterocycles. The first-order valence-corrected chi connectivity index (χ1v) is 11.7. The van der Waals surface area contributed by atoms with Crippen molar-refractivity contribution < 1.29 is 4.79 Å². The lowest BCUT2D eigenvalue weighted by atomic mass is 9.65. The molecule has 2 aromatic rings. The molecule has 2 atom stereocenters. The van der Waals surface area contributed by atoms with Crippen molar-refractivity contribution in [3.63, 3.8) is 0 Å². The molecular weight excluding hydrogens is 426 g/mol. The molecule has 1 amide bonds. The number of rotatable bonds is 2. The lowest BCUT2D eigenvalue weighted by Crippen LogP contribution is -2.49. The van der Waals surface area contributed by atoms with Crippen molar-refractivity contribution >= 4 is 21.8 Å². The third-order valence-electron chi connectivity index (χ3n) is 7.34. The van der Waals surface area contributed by atoms with Gasteiger partial charge in [-0.15, -0.1) is 0 Å². The van der Waals surface area contributed by atoms with Gasteiger partial charge in [-0.2, -0.15) is 0 Å². The molecule has 152 valence electrons. The van der Waals surface area contributed by atoms with E-state index in [4.69, 9.17) is 4.98 Å². The number of piperidine rings is 1. The standard InChI is InChI=1S/C24H28BrN3O/c25-22-9-8-19-21(27-22)7-4-12-24(19)16-26-15-20(24)23(29)28-13-10-18(11-14-28)17-5-2-1-3-6-17/h1-3,5-6,8-9,18,20,26H,4,7,10-16H2. The summed E-state index contributed by atoms with van der Waals surface area (Å²) in [5.41, 5.74) is 3.80. The van der Waals surface area contributed by atoms with Crippen LogP contribution in [-0.4, -0.2) is 42.0 Å².